The first-order chi connectivity index (χ1) is 13.9. The Balaban J connectivity index is 1.25. The number of rotatable bonds is 4. The van der Waals surface area contributed by atoms with Crippen molar-refractivity contribution in [3.63, 3.8) is 0 Å². The molecule has 2 fully saturated rings. The van der Waals surface area contributed by atoms with Crippen molar-refractivity contribution in [2.24, 2.45) is 0 Å². The van der Waals surface area contributed by atoms with Gasteiger partial charge in [-0.15, -0.1) is 0 Å². The Kier molecular flexibility index (Phi) is 4.69. The zero-order valence-electron chi connectivity index (χ0n) is 16.0. The molecule has 1 aromatic carbocycles. The third-order valence-corrected chi connectivity index (χ3v) is 5.68. The average molecular weight is 375 g/mol. The van der Waals surface area contributed by atoms with E-state index >= 15 is 0 Å². The summed E-state index contributed by atoms with van der Waals surface area (Å²) in [5, 5.41) is 1.18. The standard InChI is InChI=1S/C22H25N5O/c1-2-6-19-17(5-1)7-8-20(25-19)26-15-9-18(10-16-26)28-22-21(23-11-12-24-22)27-13-3-4-14-27/h1-2,5-8,11-12,18H,3-4,9-10,13-16H2. The van der Waals surface area contributed by atoms with Crippen LogP contribution in [0.3, 0.4) is 0 Å². The van der Waals surface area contributed by atoms with Crippen molar-refractivity contribution in [1.82, 2.24) is 15.0 Å². The van der Waals surface area contributed by atoms with E-state index in [0.29, 0.717) is 5.88 Å². The molecule has 0 N–H and O–H groups in total. The second kappa shape index (κ2) is 7.62. The molecule has 144 valence electrons. The first-order valence-electron chi connectivity index (χ1n) is 10.2. The second-order valence-electron chi connectivity index (χ2n) is 7.55. The van der Waals surface area contributed by atoms with E-state index in [1.165, 1.54) is 18.2 Å². The van der Waals surface area contributed by atoms with Crippen LogP contribution in [0.15, 0.2) is 48.8 Å². The van der Waals surface area contributed by atoms with Crippen molar-refractivity contribution in [2.75, 3.05) is 36.0 Å². The molecule has 6 heteroatoms. The highest BCUT2D eigenvalue weighted by atomic mass is 16.5. The number of ether oxygens (including phenoxy) is 1. The van der Waals surface area contributed by atoms with E-state index in [-0.39, 0.29) is 6.10 Å². The molecule has 0 radical (unpaired) electrons. The first kappa shape index (κ1) is 17.2. The zero-order chi connectivity index (χ0) is 18.8. The van der Waals surface area contributed by atoms with Gasteiger partial charge in [0.25, 0.3) is 5.88 Å². The molecule has 0 saturated carbocycles. The highest BCUT2D eigenvalue weighted by Crippen LogP contribution is 2.29. The Morgan fingerprint density at radius 1 is 0.821 bits per heavy atom. The third-order valence-electron chi connectivity index (χ3n) is 5.68. The SMILES string of the molecule is c1ccc2nc(N3CCC(Oc4nccnc4N4CCCC4)CC3)ccc2c1. The topological polar surface area (TPSA) is 54.4 Å². The molecule has 2 aliphatic heterocycles. The van der Waals surface area contributed by atoms with Crippen LogP contribution in [0, 0.1) is 0 Å². The summed E-state index contributed by atoms with van der Waals surface area (Å²) >= 11 is 0. The summed E-state index contributed by atoms with van der Waals surface area (Å²) in [6.07, 6.45) is 8.02. The molecule has 0 bridgehead atoms. The largest absolute Gasteiger partial charge is 0.472 e. The van der Waals surface area contributed by atoms with Gasteiger partial charge in [-0.05, 0) is 31.0 Å². The van der Waals surface area contributed by atoms with Crippen molar-refractivity contribution in [3.8, 4) is 5.88 Å². The minimum Gasteiger partial charge on any atom is -0.472 e. The lowest BCUT2D eigenvalue weighted by atomic mass is 10.1. The highest BCUT2D eigenvalue weighted by Gasteiger charge is 2.25. The van der Waals surface area contributed by atoms with E-state index in [1.807, 2.05) is 6.07 Å². The van der Waals surface area contributed by atoms with Gasteiger partial charge in [0.2, 0.25) is 0 Å². The van der Waals surface area contributed by atoms with Crippen LogP contribution in [0.25, 0.3) is 10.9 Å². The van der Waals surface area contributed by atoms with Gasteiger partial charge in [-0.1, -0.05) is 18.2 Å². The number of hydrogen-bond donors (Lipinski definition) is 0. The van der Waals surface area contributed by atoms with Crippen molar-refractivity contribution in [2.45, 2.75) is 31.8 Å². The van der Waals surface area contributed by atoms with Gasteiger partial charge in [-0.25, -0.2) is 15.0 Å². The van der Waals surface area contributed by atoms with Crippen LogP contribution in [0.2, 0.25) is 0 Å². The number of pyridine rings is 1. The Hall–Kier alpha value is -2.89. The minimum absolute atomic E-state index is 0.176. The monoisotopic (exact) mass is 375 g/mol. The molecule has 0 unspecified atom stereocenters. The van der Waals surface area contributed by atoms with Crippen LogP contribution in [-0.4, -0.2) is 47.2 Å². The predicted octanol–water partition coefficient (Wildman–Crippen LogP) is 3.67. The van der Waals surface area contributed by atoms with E-state index in [2.05, 4.69) is 50.1 Å². The van der Waals surface area contributed by atoms with Gasteiger partial charge in [-0.3, -0.25) is 0 Å². The van der Waals surface area contributed by atoms with Gasteiger partial charge in [0.1, 0.15) is 11.9 Å². The van der Waals surface area contributed by atoms with Gasteiger partial charge in [0.15, 0.2) is 5.82 Å². The van der Waals surface area contributed by atoms with Gasteiger partial charge in [0, 0.05) is 56.8 Å². The van der Waals surface area contributed by atoms with Crippen molar-refractivity contribution in [3.05, 3.63) is 48.8 Å². The van der Waals surface area contributed by atoms with Crippen molar-refractivity contribution < 1.29 is 4.74 Å². The minimum atomic E-state index is 0.176. The van der Waals surface area contributed by atoms with Crippen LogP contribution < -0.4 is 14.5 Å². The summed E-state index contributed by atoms with van der Waals surface area (Å²) < 4.78 is 6.29. The van der Waals surface area contributed by atoms with Gasteiger partial charge >= 0.3 is 0 Å². The molecule has 4 heterocycles. The zero-order valence-corrected chi connectivity index (χ0v) is 16.0. The lowest BCUT2D eigenvalue weighted by Gasteiger charge is -2.33. The summed E-state index contributed by atoms with van der Waals surface area (Å²) in [5.74, 6) is 2.64. The Labute approximate surface area is 165 Å². The molecule has 6 nitrogen and oxygen atoms in total. The van der Waals surface area contributed by atoms with E-state index < -0.39 is 0 Å². The second-order valence-corrected chi connectivity index (χ2v) is 7.55. The van der Waals surface area contributed by atoms with Crippen molar-refractivity contribution in [1.29, 1.82) is 0 Å². The molecule has 2 saturated heterocycles. The summed E-state index contributed by atoms with van der Waals surface area (Å²) in [7, 11) is 0. The summed E-state index contributed by atoms with van der Waals surface area (Å²) in [4.78, 5) is 18.5. The molecule has 0 aliphatic carbocycles. The van der Waals surface area contributed by atoms with Crippen LogP contribution in [0.4, 0.5) is 11.6 Å². The Morgan fingerprint density at radius 3 is 2.46 bits per heavy atom. The molecular formula is C22H25N5O. The molecule has 0 atom stereocenters. The van der Waals surface area contributed by atoms with E-state index in [1.54, 1.807) is 12.4 Å². The number of piperidine rings is 1. The maximum Gasteiger partial charge on any atom is 0.257 e. The smallest absolute Gasteiger partial charge is 0.257 e. The molecule has 2 aliphatic rings. The van der Waals surface area contributed by atoms with E-state index in [0.717, 1.165) is 56.2 Å². The normalized spacial score (nSPS) is 18.0. The number of nitrogens with zero attached hydrogens (tertiary/aromatic N) is 5. The predicted molar refractivity (Wildman–Crippen MR) is 111 cm³/mol. The molecule has 3 aromatic rings. The molecular weight excluding hydrogens is 350 g/mol. The fourth-order valence-corrected chi connectivity index (χ4v) is 4.14. The van der Waals surface area contributed by atoms with E-state index in [9.17, 15) is 0 Å². The number of anilines is 2. The fourth-order valence-electron chi connectivity index (χ4n) is 4.14. The molecule has 0 amide bonds. The van der Waals surface area contributed by atoms with Gasteiger partial charge < -0.3 is 14.5 Å². The van der Waals surface area contributed by atoms with Crippen LogP contribution in [-0.2, 0) is 0 Å². The molecule has 28 heavy (non-hydrogen) atoms. The Morgan fingerprint density at radius 2 is 1.61 bits per heavy atom. The summed E-state index contributed by atoms with van der Waals surface area (Å²) in [6, 6.07) is 12.5. The highest BCUT2D eigenvalue weighted by molar-refractivity contribution is 5.80. The summed E-state index contributed by atoms with van der Waals surface area (Å²) in [6.45, 7) is 3.97. The van der Waals surface area contributed by atoms with Crippen LogP contribution in [0.5, 0.6) is 5.88 Å². The average Bonchev–Trinajstić information content (AvgIpc) is 3.29. The third kappa shape index (κ3) is 3.46. The molecule has 0 spiro atoms. The van der Waals surface area contributed by atoms with Crippen LogP contribution >= 0.6 is 0 Å². The number of para-hydroxylation sites is 1. The van der Waals surface area contributed by atoms with Crippen molar-refractivity contribution >= 4 is 22.5 Å². The van der Waals surface area contributed by atoms with Crippen LogP contribution in [0.1, 0.15) is 25.7 Å². The summed E-state index contributed by atoms with van der Waals surface area (Å²) in [5.41, 5.74) is 1.05. The quantitative estimate of drug-likeness (QED) is 0.693. The van der Waals surface area contributed by atoms with Gasteiger partial charge in [0.05, 0.1) is 5.52 Å². The number of benzene rings is 1. The lowest BCUT2D eigenvalue weighted by molar-refractivity contribution is 0.163. The maximum atomic E-state index is 6.29. The lowest BCUT2D eigenvalue weighted by Crippen LogP contribution is -2.39. The number of aromatic nitrogens is 3. The molecule has 2 aromatic heterocycles. The molecule has 5 rings (SSSR count). The Bertz CT molecular complexity index is 948. The maximum absolute atomic E-state index is 6.29. The number of hydrogen-bond acceptors (Lipinski definition) is 6. The number of fused-ring (bicyclic) bond motifs is 1. The fraction of sp³-hybridized carbons (Fsp3) is 0.409. The van der Waals surface area contributed by atoms with E-state index in [4.69, 9.17) is 9.72 Å². The first-order valence-corrected chi connectivity index (χ1v) is 10.2. The van der Waals surface area contributed by atoms with Gasteiger partial charge in [-0.2, -0.15) is 0 Å².